The van der Waals surface area contributed by atoms with Crippen molar-refractivity contribution in [3.63, 3.8) is 0 Å². The zero-order chi connectivity index (χ0) is 19.0. The van der Waals surface area contributed by atoms with Crippen molar-refractivity contribution in [1.82, 2.24) is 19.5 Å². The molecule has 4 N–H and O–H groups in total. The molecular weight excluding hydrogens is 350 g/mol. The molecule has 2 aliphatic rings. The van der Waals surface area contributed by atoms with Gasteiger partial charge in [0.25, 0.3) is 0 Å². The number of nitrogens with zero attached hydrogens (tertiary/aromatic N) is 4. The van der Waals surface area contributed by atoms with Crippen LogP contribution in [0.2, 0.25) is 0 Å². The van der Waals surface area contributed by atoms with Crippen molar-refractivity contribution in [3.8, 4) is 0 Å². The molecule has 4 rings (SSSR count). The third kappa shape index (κ3) is 3.29. The number of ether oxygens (including phenoxy) is 1. The molecule has 1 aliphatic carbocycles. The Bertz CT molecular complexity index is 787. The predicted octanol–water partition coefficient (Wildman–Crippen LogP) is 0.963. The van der Waals surface area contributed by atoms with Gasteiger partial charge in [-0.15, -0.1) is 0 Å². The van der Waals surface area contributed by atoms with Gasteiger partial charge in [-0.05, 0) is 19.8 Å². The molecule has 9 nitrogen and oxygen atoms in total. The van der Waals surface area contributed by atoms with Gasteiger partial charge in [0.15, 0.2) is 23.2 Å². The molecule has 1 aliphatic heterocycles. The van der Waals surface area contributed by atoms with Gasteiger partial charge in [0, 0.05) is 6.04 Å². The van der Waals surface area contributed by atoms with E-state index >= 15 is 0 Å². The zero-order valence-corrected chi connectivity index (χ0v) is 15.5. The van der Waals surface area contributed by atoms with Crippen LogP contribution in [-0.2, 0) is 4.74 Å². The summed E-state index contributed by atoms with van der Waals surface area (Å²) in [6.45, 7) is 1.06. The maximum atomic E-state index is 10.5. The first-order chi connectivity index (χ1) is 13.0. The molecule has 3 heterocycles. The van der Waals surface area contributed by atoms with E-state index in [-0.39, 0.29) is 0 Å². The quantitative estimate of drug-likeness (QED) is 0.581. The molecule has 0 aromatic carbocycles. The number of imidazole rings is 1. The maximum Gasteiger partial charge on any atom is 0.167 e. The topological polar surface area (TPSA) is 126 Å². The molecule has 0 bridgehead atoms. The Labute approximate surface area is 157 Å². The molecule has 1 saturated heterocycles. The number of hydrogen-bond acceptors (Lipinski definition) is 8. The van der Waals surface area contributed by atoms with Crippen LogP contribution in [0, 0.1) is 0 Å². The van der Waals surface area contributed by atoms with Crippen molar-refractivity contribution < 1.29 is 20.1 Å². The van der Waals surface area contributed by atoms with Gasteiger partial charge >= 0.3 is 0 Å². The number of nitrogens with one attached hydrogen (secondary N) is 1. The lowest BCUT2D eigenvalue weighted by Gasteiger charge is -2.25. The van der Waals surface area contributed by atoms with Crippen LogP contribution in [0.4, 0.5) is 5.82 Å². The first-order valence-corrected chi connectivity index (χ1v) is 9.63. The Morgan fingerprint density at radius 3 is 2.63 bits per heavy atom. The molecule has 9 heteroatoms. The summed E-state index contributed by atoms with van der Waals surface area (Å²) in [5, 5.41) is 33.9. The van der Waals surface area contributed by atoms with Gasteiger partial charge in [-0.25, -0.2) is 15.0 Å². The van der Waals surface area contributed by atoms with Crippen LogP contribution in [0.1, 0.15) is 51.7 Å². The summed E-state index contributed by atoms with van der Waals surface area (Å²) in [4.78, 5) is 13.1. The first-order valence-electron chi connectivity index (χ1n) is 9.63. The molecule has 27 heavy (non-hydrogen) atoms. The number of anilines is 1. The number of rotatable bonds is 4. The normalized spacial score (nSPS) is 32.7. The molecule has 2 aromatic rings. The summed E-state index contributed by atoms with van der Waals surface area (Å²) >= 11 is 0. The number of aromatic nitrogens is 4. The smallest absolute Gasteiger partial charge is 0.167 e. The third-order valence-corrected chi connectivity index (χ3v) is 5.82. The van der Waals surface area contributed by atoms with Gasteiger partial charge in [-0.3, -0.25) is 4.57 Å². The highest BCUT2D eigenvalue weighted by Gasteiger charge is 2.52. The summed E-state index contributed by atoms with van der Waals surface area (Å²) < 4.78 is 7.28. The van der Waals surface area contributed by atoms with Crippen LogP contribution in [-0.4, -0.2) is 65.3 Å². The highest BCUT2D eigenvalue weighted by Crippen LogP contribution is 2.38. The van der Waals surface area contributed by atoms with Crippen LogP contribution < -0.4 is 5.32 Å². The lowest BCUT2D eigenvalue weighted by atomic mass is 9.95. The molecule has 0 unspecified atom stereocenters. The number of aliphatic hydroxyl groups excluding tert-OH is 2. The van der Waals surface area contributed by atoms with Crippen molar-refractivity contribution >= 4 is 17.0 Å². The number of fused-ring (bicyclic) bond motifs is 1. The Morgan fingerprint density at radius 1 is 1.22 bits per heavy atom. The van der Waals surface area contributed by atoms with E-state index in [2.05, 4.69) is 20.3 Å². The summed E-state index contributed by atoms with van der Waals surface area (Å²) in [5.74, 6) is 0.670. The maximum absolute atomic E-state index is 10.5. The zero-order valence-electron chi connectivity index (χ0n) is 15.5. The van der Waals surface area contributed by atoms with Gasteiger partial charge < -0.3 is 25.4 Å². The predicted molar refractivity (Wildman–Crippen MR) is 98.1 cm³/mol. The second kappa shape index (κ2) is 7.31. The molecule has 148 valence electrons. The van der Waals surface area contributed by atoms with Gasteiger partial charge in [0.1, 0.15) is 24.1 Å². The van der Waals surface area contributed by atoms with Crippen molar-refractivity contribution in [2.45, 2.75) is 75.5 Å². The van der Waals surface area contributed by atoms with E-state index in [1.54, 1.807) is 4.57 Å². The fourth-order valence-electron chi connectivity index (χ4n) is 4.07. The van der Waals surface area contributed by atoms with Crippen molar-refractivity contribution in [3.05, 3.63) is 12.7 Å². The standard InChI is InChI=1S/C18H27N5O4/c1-18(26)12(8-24)27-17(14(18)25)23-10-21-13-15(19-9-20-16(13)23)22-11-6-4-2-3-5-7-11/h9-12,14,17,24-26H,2-8H2,1H3,(H,19,20,22)/t12-,14+,17-,18-/m1/s1. The molecule has 0 spiro atoms. The van der Waals surface area contributed by atoms with Crippen LogP contribution in [0.15, 0.2) is 12.7 Å². The van der Waals surface area contributed by atoms with Gasteiger partial charge in [0.05, 0.1) is 12.9 Å². The highest BCUT2D eigenvalue weighted by atomic mass is 16.6. The number of aliphatic hydroxyl groups is 3. The Hall–Kier alpha value is -1.81. The van der Waals surface area contributed by atoms with Gasteiger partial charge in [0.2, 0.25) is 0 Å². The fraction of sp³-hybridized carbons (Fsp3) is 0.722. The molecule has 0 amide bonds. The van der Waals surface area contributed by atoms with E-state index in [1.165, 1.54) is 45.3 Å². The van der Waals surface area contributed by atoms with E-state index in [0.717, 1.165) is 12.8 Å². The SMILES string of the molecule is C[C@@]1(O)[C@@H](CO)O[C@@H](n2cnc3c(NC4CCCCCC4)ncnc32)[C@@H]1O. The Morgan fingerprint density at radius 2 is 1.96 bits per heavy atom. The van der Waals surface area contributed by atoms with E-state index in [4.69, 9.17) is 4.74 Å². The average molecular weight is 377 g/mol. The van der Waals surface area contributed by atoms with Crippen molar-refractivity contribution in [2.75, 3.05) is 11.9 Å². The van der Waals surface area contributed by atoms with Crippen molar-refractivity contribution in [2.24, 2.45) is 0 Å². The molecule has 2 aromatic heterocycles. The van der Waals surface area contributed by atoms with Crippen molar-refractivity contribution in [1.29, 1.82) is 0 Å². The Balaban J connectivity index is 1.63. The van der Waals surface area contributed by atoms with Gasteiger partial charge in [-0.1, -0.05) is 25.7 Å². The minimum Gasteiger partial charge on any atom is -0.394 e. The lowest BCUT2D eigenvalue weighted by Crippen LogP contribution is -2.46. The average Bonchev–Trinajstić information content (AvgIpc) is 3.04. The first kappa shape index (κ1) is 18.5. The highest BCUT2D eigenvalue weighted by molar-refractivity contribution is 5.82. The minimum atomic E-state index is -1.57. The lowest BCUT2D eigenvalue weighted by molar-refractivity contribution is -0.0804. The van der Waals surface area contributed by atoms with Crippen LogP contribution >= 0.6 is 0 Å². The second-order valence-electron chi connectivity index (χ2n) is 7.75. The van der Waals surface area contributed by atoms with Gasteiger partial charge in [-0.2, -0.15) is 0 Å². The largest absolute Gasteiger partial charge is 0.394 e. The van der Waals surface area contributed by atoms with Crippen LogP contribution in [0.3, 0.4) is 0 Å². The third-order valence-electron chi connectivity index (χ3n) is 5.82. The Kier molecular flexibility index (Phi) is 5.02. The van der Waals surface area contributed by atoms with E-state index < -0.39 is 30.6 Å². The molecule has 1 saturated carbocycles. The van der Waals surface area contributed by atoms with Crippen LogP contribution in [0.25, 0.3) is 11.2 Å². The van der Waals surface area contributed by atoms with E-state index in [9.17, 15) is 15.3 Å². The molecular formula is C18H27N5O4. The number of hydrogen-bond donors (Lipinski definition) is 4. The summed E-state index contributed by atoms with van der Waals surface area (Å²) in [6, 6.07) is 0.364. The summed E-state index contributed by atoms with van der Waals surface area (Å²) in [5.41, 5.74) is -0.450. The minimum absolute atomic E-state index is 0.364. The second-order valence-corrected chi connectivity index (χ2v) is 7.75. The molecule has 0 radical (unpaired) electrons. The fourth-order valence-corrected chi connectivity index (χ4v) is 4.07. The van der Waals surface area contributed by atoms with E-state index in [0.29, 0.717) is 23.0 Å². The molecule has 2 fully saturated rings. The monoisotopic (exact) mass is 377 g/mol. The summed E-state index contributed by atoms with van der Waals surface area (Å²) in [6.07, 6.45) is 7.17. The molecule has 4 atom stereocenters. The van der Waals surface area contributed by atoms with Crippen LogP contribution in [0.5, 0.6) is 0 Å². The van der Waals surface area contributed by atoms with E-state index in [1.807, 2.05) is 0 Å². The summed E-state index contributed by atoms with van der Waals surface area (Å²) in [7, 11) is 0.